The number of hydrogen-bond donors (Lipinski definition) is 2. The van der Waals surface area contributed by atoms with Crippen LogP contribution in [0.5, 0.6) is 5.75 Å². The lowest BCUT2D eigenvalue weighted by atomic mass is 10.1. The number of ether oxygens (including phenoxy) is 1. The number of hydrogen-bond acceptors (Lipinski definition) is 5. The molecule has 1 atom stereocenters. The van der Waals surface area contributed by atoms with Gasteiger partial charge >= 0.3 is 0 Å². The lowest BCUT2D eigenvalue weighted by molar-refractivity contribution is 0.268. The normalized spacial score (nSPS) is 12.3. The number of benzene rings is 1. The lowest BCUT2D eigenvalue weighted by Crippen LogP contribution is -2.18. The van der Waals surface area contributed by atoms with Crippen molar-refractivity contribution < 1.29 is 9.84 Å². The average molecular weight is 276 g/mol. The molecule has 0 aliphatic heterocycles. The van der Waals surface area contributed by atoms with Gasteiger partial charge in [0.25, 0.3) is 0 Å². The molecule has 2 N–H and O–H groups in total. The van der Waals surface area contributed by atoms with E-state index in [1.165, 1.54) is 0 Å². The van der Waals surface area contributed by atoms with Gasteiger partial charge in [0.2, 0.25) is 0 Å². The Morgan fingerprint density at radius 3 is 3.05 bits per heavy atom. The van der Waals surface area contributed by atoms with Gasteiger partial charge in [0.05, 0.1) is 26.0 Å². The molecule has 2 rings (SSSR count). The largest absolute Gasteiger partial charge is 0.497 e. The molecule has 1 aromatic heterocycles. The van der Waals surface area contributed by atoms with Crippen LogP contribution < -0.4 is 10.1 Å². The van der Waals surface area contributed by atoms with Crippen LogP contribution in [0.4, 0.5) is 0 Å². The highest BCUT2D eigenvalue weighted by Crippen LogP contribution is 2.18. The predicted octanol–water partition coefficient (Wildman–Crippen LogP) is 1.13. The Balaban J connectivity index is 1.91. The van der Waals surface area contributed by atoms with E-state index in [0.717, 1.165) is 17.0 Å². The van der Waals surface area contributed by atoms with Gasteiger partial charge in [-0.2, -0.15) is 0 Å². The number of nitrogens with one attached hydrogen (secondary N) is 1. The fourth-order valence-corrected chi connectivity index (χ4v) is 1.92. The molecule has 0 fully saturated rings. The third-order valence-corrected chi connectivity index (χ3v) is 3.10. The quantitative estimate of drug-likeness (QED) is 0.793. The Morgan fingerprint density at radius 1 is 1.45 bits per heavy atom. The van der Waals surface area contributed by atoms with Gasteiger partial charge in [-0.15, -0.1) is 5.10 Å². The van der Waals surface area contributed by atoms with Gasteiger partial charge in [0.1, 0.15) is 5.75 Å². The molecule has 0 amide bonds. The summed E-state index contributed by atoms with van der Waals surface area (Å²) in [6.07, 6.45) is 1.83. The molecule has 0 radical (unpaired) electrons. The fourth-order valence-electron chi connectivity index (χ4n) is 1.92. The van der Waals surface area contributed by atoms with E-state index in [-0.39, 0.29) is 12.6 Å². The van der Waals surface area contributed by atoms with E-state index >= 15 is 0 Å². The molecule has 1 unspecified atom stereocenters. The molecule has 2 aromatic rings. The Kier molecular flexibility index (Phi) is 5.09. The van der Waals surface area contributed by atoms with Crippen molar-refractivity contribution in [2.24, 2.45) is 0 Å². The van der Waals surface area contributed by atoms with Gasteiger partial charge in [-0.1, -0.05) is 17.3 Å². The Labute approximate surface area is 118 Å². The number of nitrogens with zero attached hydrogens (tertiary/aromatic N) is 3. The van der Waals surface area contributed by atoms with Gasteiger partial charge in [0.15, 0.2) is 0 Å². The highest BCUT2D eigenvalue weighted by Gasteiger charge is 2.07. The number of aliphatic hydroxyl groups excluding tert-OH is 1. The van der Waals surface area contributed by atoms with E-state index in [1.54, 1.807) is 11.8 Å². The summed E-state index contributed by atoms with van der Waals surface area (Å²) in [7, 11) is 1.66. The van der Waals surface area contributed by atoms with E-state index in [9.17, 15) is 0 Å². The van der Waals surface area contributed by atoms with Crippen molar-refractivity contribution in [3.05, 3.63) is 41.7 Å². The lowest BCUT2D eigenvalue weighted by Gasteiger charge is -2.14. The first-order chi connectivity index (χ1) is 9.72. The van der Waals surface area contributed by atoms with Gasteiger partial charge in [-0.3, -0.25) is 0 Å². The van der Waals surface area contributed by atoms with Gasteiger partial charge in [-0.25, -0.2) is 4.68 Å². The van der Waals surface area contributed by atoms with Crippen LogP contribution >= 0.6 is 0 Å². The van der Waals surface area contributed by atoms with Crippen LogP contribution in [0.15, 0.2) is 30.5 Å². The molecular weight excluding hydrogens is 256 g/mol. The first-order valence-electron chi connectivity index (χ1n) is 6.60. The van der Waals surface area contributed by atoms with E-state index in [2.05, 4.69) is 28.6 Å². The van der Waals surface area contributed by atoms with Crippen molar-refractivity contribution in [1.82, 2.24) is 20.3 Å². The minimum atomic E-state index is 0.0659. The third-order valence-electron chi connectivity index (χ3n) is 3.10. The fraction of sp³-hybridized carbons (Fsp3) is 0.429. The van der Waals surface area contributed by atoms with Crippen LogP contribution in [-0.4, -0.2) is 33.8 Å². The monoisotopic (exact) mass is 276 g/mol. The molecule has 1 heterocycles. The van der Waals surface area contributed by atoms with Crippen LogP contribution in [0.3, 0.4) is 0 Å². The summed E-state index contributed by atoms with van der Waals surface area (Å²) < 4.78 is 6.85. The molecule has 0 saturated heterocycles. The molecule has 6 nitrogen and oxygen atoms in total. The summed E-state index contributed by atoms with van der Waals surface area (Å²) in [6, 6.07) is 8.16. The topological polar surface area (TPSA) is 72.2 Å². The predicted molar refractivity (Wildman–Crippen MR) is 75.4 cm³/mol. The SMILES string of the molecule is COc1cccc(C(C)NCc2cn(CCO)nn2)c1. The summed E-state index contributed by atoms with van der Waals surface area (Å²) in [4.78, 5) is 0. The van der Waals surface area contributed by atoms with E-state index in [1.807, 2.05) is 24.4 Å². The Morgan fingerprint density at radius 2 is 2.30 bits per heavy atom. The highest BCUT2D eigenvalue weighted by atomic mass is 16.5. The molecule has 108 valence electrons. The second-order valence-corrected chi connectivity index (χ2v) is 4.58. The number of aromatic nitrogens is 3. The van der Waals surface area contributed by atoms with E-state index in [0.29, 0.717) is 13.1 Å². The number of methoxy groups -OCH3 is 1. The van der Waals surface area contributed by atoms with Crippen molar-refractivity contribution >= 4 is 0 Å². The van der Waals surface area contributed by atoms with Crippen molar-refractivity contribution in [3.8, 4) is 5.75 Å². The van der Waals surface area contributed by atoms with Crippen LogP contribution in [0.2, 0.25) is 0 Å². The zero-order valence-electron chi connectivity index (χ0n) is 11.8. The maximum atomic E-state index is 8.83. The van der Waals surface area contributed by atoms with Crippen molar-refractivity contribution in [1.29, 1.82) is 0 Å². The summed E-state index contributed by atoms with van der Waals surface area (Å²) >= 11 is 0. The van der Waals surface area contributed by atoms with Crippen LogP contribution in [0, 0.1) is 0 Å². The maximum Gasteiger partial charge on any atom is 0.119 e. The zero-order valence-corrected chi connectivity index (χ0v) is 11.8. The third kappa shape index (κ3) is 3.79. The molecule has 0 aliphatic rings. The van der Waals surface area contributed by atoms with Gasteiger partial charge in [-0.05, 0) is 24.6 Å². The minimum absolute atomic E-state index is 0.0659. The molecule has 20 heavy (non-hydrogen) atoms. The molecular formula is C14H20N4O2. The zero-order chi connectivity index (χ0) is 14.4. The molecule has 0 saturated carbocycles. The van der Waals surface area contributed by atoms with Crippen LogP contribution in [0.1, 0.15) is 24.2 Å². The van der Waals surface area contributed by atoms with Gasteiger partial charge in [0, 0.05) is 18.8 Å². The summed E-state index contributed by atoms with van der Waals surface area (Å²) in [5.41, 5.74) is 2.01. The summed E-state index contributed by atoms with van der Waals surface area (Å²) in [5.74, 6) is 0.852. The maximum absolute atomic E-state index is 8.83. The van der Waals surface area contributed by atoms with Crippen molar-refractivity contribution in [2.45, 2.75) is 26.1 Å². The Bertz CT molecular complexity index is 541. The average Bonchev–Trinajstić information content (AvgIpc) is 2.93. The molecule has 0 aliphatic carbocycles. The smallest absolute Gasteiger partial charge is 0.119 e. The first kappa shape index (κ1) is 14.5. The molecule has 0 bridgehead atoms. The minimum Gasteiger partial charge on any atom is -0.497 e. The summed E-state index contributed by atoms with van der Waals surface area (Å²) in [6.45, 7) is 3.26. The second-order valence-electron chi connectivity index (χ2n) is 4.58. The number of aliphatic hydroxyl groups is 1. The van der Waals surface area contributed by atoms with E-state index < -0.39 is 0 Å². The first-order valence-corrected chi connectivity index (χ1v) is 6.60. The molecule has 0 spiro atoms. The molecule has 1 aromatic carbocycles. The summed E-state index contributed by atoms with van der Waals surface area (Å²) in [5, 5.41) is 20.2. The van der Waals surface area contributed by atoms with E-state index in [4.69, 9.17) is 9.84 Å². The Hall–Kier alpha value is -1.92. The second kappa shape index (κ2) is 7.02. The van der Waals surface area contributed by atoms with Crippen molar-refractivity contribution in [2.75, 3.05) is 13.7 Å². The van der Waals surface area contributed by atoms with Crippen molar-refractivity contribution in [3.63, 3.8) is 0 Å². The number of rotatable bonds is 7. The standard InChI is InChI=1S/C14H20N4O2/c1-11(12-4-3-5-14(8-12)20-2)15-9-13-10-18(6-7-19)17-16-13/h3-5,8,10-11,15,19H,6-7,9H2,1-2H3. The van der Waals surface area contributed by atoms with Crippen LogP contribution in [0.25, 0.3) is 0 Å². The highest BCUT2D eigenvalue weighted by molar-refractivity contribution is 5.30. The van der Waals surface area contributed by atoms with Crippen LogP contribution in [-0.2, 0) is 13.1 Å². The molecule has 6 heteroatoms. The van der Waals surface area contributed by atoms with Gasteiger partial charge < -0.3 is 15.2 Å².